The molecule has 0 atom stereocenters. The van der Waals surface area contributed by atoms with Crippen molar-refractivity contribution in [3.05, 3.63) is 11.2 Å². The van der Waals surface area contributed by atoms with E-state index in [1.807, 2.05) is 4.90 Å². The summed E-state index contributed by atoms with van der Waals surface area (Å²) in [5.41, 5.74) is 5.86. The van der Waals surface area contributed by atoms with Gasteiger partial charge in [-0.3, -0.25) is 0 Å². The topological polar surface area (TPSA) is 67.4 Å². The van der Waals surface area contributed by atoms with E-state index >= 15 is 0 Å². The molecule has 2 N–H and O–H groups in total. The van der Waals surface area contributed by atoms with Gasteiger partial charge in [0.15, 0.2) is 0 Å². The van der Waals surface area contributed by atoms with Gasteiger partial charge in [-0.05, 0) is 12.8 Å². The van der Waals surface area contributed by atoms with Gasteiger partial charge in [0, 0.05) is 27.2 Å². The highest BCUT2D eigenvalue weighted by Gasteiger charge is 2.26. The molecular formula is C11H18ClN5O. The number of aromatic nitrogens is 2. The summed E-state index contributed by atoms with van der Waals surface area (Å²) in [6.45, 7) is 1.44. The molecule has 6 nitrogen and oxygen atoms in total. The molecule has 1 aromatic rings. The number of carbonyl (C=O) groups excluding carboxylic acids is 1. The number of hydrogen-bond acceptors (Lipinski definition) is 3. The van der Waals surface area contributed by atoms with E-state index in [4.69, 9.17) is 17.3 Å². The molecule has 7 heteroatoms. The van der Waals surface area contributed by atoms with Crippen LogP contribution in [0.15, 0.2) is 6.20 Å². The van der Waals surface area contributed by atoms with Crippen LogP contribution < -0.4 is 5.73 Å². The minimum Gasteiger partial charge on any atom is -0.383 e. The van der Waals surface area contributed by atoms with Gasteiger partial charge in [-0.2, -0.15) is 5.10 Å². The first-order valence-corrected chi connectivity index (χ1v) is 6.33. The molecule has 1 aliphatic heterocycles. The number of nitrogen functional groups attached to an aromatic ring is 1. The van der Waals surface area contributed by atoms with Crippen molar-refractivity contribution < 1.29 is 4.79 Å². The number of piperidine rings is 1. The molecule has 0 saturated carbocycles. The van der Waals surface area contributed by atoms with E-state index in [-0.39, 0.29) is 12.1 Å². The Bertz CT molecular complexity index is 437. The molecule has 1 fully saturated rings. The number of urea groups is 1. The largest absolute Gasteiger partial charge is 0.383 e. The van der Waals surface area contributed by atoms with Gasteiger partial charge in [-0.15, -0.1) is 0 Å². The standard InChI is InChI=1S/C11H18ClN5O/c1-15(2)11(18)16-5-3-8(4-6-16)17-10(13)9(12)7-14-17/h7-8H,3-6,13H2,1-2H3. The third-order valence-corrected chi connectivity index (χ3v) is 3.54. The number of halogens is 1. The monoisotopic (exact) mass is 271 g/mol. The summed E-state index contributed by atoms with van der Waals surface area (Å²) >= 11 is 5.89. The highest BCUT2D eigenvalue weighted by atomic mass is 35.5. The number of hydrogen-bond donors (Lipinski definition) is 1. The fraction of sp³-hybridized carbons (Fsp3) is 0.636. The lowest BCUT2D eigenvalue weighted by Gasteiger charge is -2.33. The lowest BCUT2D eigenvalue weighted by molar-refractivity contribution is 0.146. The van der Waals surface area contributed by atoms with E-state index in [9.17, 15) is 4.79 Å². The highest BCUT2D eigenvalue weighted by Crippen LogP contribution is 2.28. The van der Waals surface area contributed by atoms with E-state index in [0.717, 1.165) is 25.9 Å². The Balaban J connectivity index is 1.99. The van der Waals surface area contributed by atoms with E-state index in [1.165, 1.54) is 0 Å². The molecule has 1 saturated heterocycles. The fourth-order valence-electron chi connectivity index (χ4n) is 2.23. The van der Waals surface area contributed by atoms with E-state index in [1.54, 1.807) is 29.9 Å². The van der Waals surface area contributed by atoms with Gasteiger partial charge < -0.3 is 15.5 Å². The zero-order valence-corrected chi connectivity index (χ0v) is 11.4. The molecule has 0 aromatic carbocycles. The van der Waals surface area contributed by atoms with Crippen molar-refractivity contribution in [2.24, 2.45) is 0 Å². The fourth-order valence-corrected chi connectivity index (χ4v) is 2.36. The number of amides is 2. The van der Waals surface area contributed by atoms with Gasteiger partial charge in [0.2, 0.25) is 0 Å². The van der Waals surface area contributed by atoms with Crippen molar-refractivity contribution in [1.82, 2.24) is 19.6 Å². The van der Waals surface area contributed by atoms with Crippen LogP contribution in [0.5, 0.6) is 0 Å². The Labute approximate surface area is 111 Å². The highest BCUT2D eigenvalue weighted by molar-refractivity contribution is 6.32. The minimum absolute atomic E-state index is 0.0555. The summed E-state index contributed by atoms with van der Waals surface area (Å²) < 4.78 is 1.76. The molecule has 0 spiro atoms. The Morgan fingerprint density at radius 1 is 1.50 bits per heavy atom. The van der Waals surface area contributed by atoms with Crippen LogP contribution in [0.2, 0.25) is 5.02 Å². The maximum atomic E-state index is 11.8. The van der Waals surface area contributed by atoms with Crippen LogP contribution in [0.1, 0.15) is 18.9 Å². The zero-order valence-electron chi connectivity index (χ0n) is 10.6. The molecule has 2 rings (SSSR count). The van der Waals surface area contributed by atoms with Gasteiger partial charge in [0.05, 0.1) is 12.2 Å². The number of nitrogens with zero attached hydrogens (tertiary/aromatic N) is 4. The molecule has 0 bridgehead atoms. The first-order chi connectivity index (χ1) is 8.50. The van der Waals surface area contributed by atoms with Crippen molar-refractivity contribution in [3.8, 4) is 0 Å². The number of anilines is 1. The molecule has 2 heterocycles. The number of rotatable bonds is 1. The van der Waals surface area contributed by atoms with Crippen molar-refractivity contribution in [3.63, 3.8) is 0 Å². The average molecular weight is 272 g/mol. The maximum Gasteiger partial charge on any atom is 0.319 e. The summed E-state index contributed by atoms with van der Waals surface area (Å²) in [5, 5.41) is 4.68. The van der Waals surface area contributed by atoms with Crippen LogP contribution in [0.4, 0.5) is 10.6 Å². The molecule has 2 amide bonds. The summed E-state index contributed by atoms with van der Waals surface area (Å²) in [5.74, 6) is 0.508. The normalized spacial score (nSPS) is 16.9. The average Bonchev–Trinajstić information content (AvgIpc) is 2.69. The van der Waals surface area contributed by atoms with Crippen LogP contribution in [-0.2, 0) is 0 Å². The van der Waals surface area contributed by atoms with Crippen molar-refractivity contribution >= 4 is 23.4 Å². The predicted octanol–water partition coefficient (Wildman–Crippen LogP) is 1.44. The SMILES string of the molecule is CN(C)C(=O)N1CCC(n2ncc(Cl)c2N)CC1. The first kappa shape index (κ1) is 13.0. The van der Waals surface area contributed by atoms with Gasteiger partial charge in [0.25, 0.3) is 0 Å². The van der Waals surface area contributed by atoms with Gasteiger partial charge in [-0.25, -0.2) is 9.48 Å². The summed E-state index contributed by atoms with van der Waals surface area (Å²) in [6, 6.07) is 0.281. The zero-order chi connectivity index (χ0) is 13.3. The number of nitrogens with two attached hydrogens (primary N) is 1. The second-order valence-electron chi connectivity index (χ2n) is 4.72. The third kappa shape index (κ3) is 2.38. The Morgan fingerprint density at radius 3 is 2.56 bits per heavy atom. The molecule has 1 aliphatic rings. The molecule has 0 aliphatic carbocycles. The molecule has 100 valence electrons. The summed E-state index contributed by atoms with van der Waals surface area (Å²) in [6.07, 6.45) is 3.26. The molecule has 18 heavy (non-hydrogen) atoms. The maximum absolute atomic E-state index is 11.8. The minimum atomic E-state index is 0.0555. The molecule has 1 aromatic heterocycles. The smallest absolute Gasteiger partial charge is 0.319 e. The second kappa shape index (κ2) is 5.06. The quantitative estimate of drug-likeness (QED) is 0.840. The van der Waals surface area contributed by atoms with Crippen LogP contribution in [0, 0.1) is 0 Å². The Kier molecular flexibility index (Phi) is 3.65. The van der Waals surface area contributed by atoms with E-state index in [2.05, 4.69) is 5.10 Å². The van der Waals surface area contributed by atoms with Crippen LogP contribution >= 0.6 is 11.6 Å². The summed E-state index contributed by atoms with van der Waals surface area (Å²) in [4.78, 5) is 15.2. The number of likely N-dealkylation sites (tertiary alicyclic amines) is 1. The van der Waals surface area contributed by atoms with Crippen molar-refractivity contribution in [2.75, 3.05) is 32.9 Å². The van der Waals surface area contributed by atoms with Crippen molar-refractivity contribution in [2.45, 2.75) is 18.9 Å². The predicted molar refractivity (Wildman–Crippen MR) is 70.6 cm³/mol. The third-order valence-electron chi connectivity index (χ3n) is 3.25. The number of carbonyl (C=O) groups is 1. The molecule has 0 unspecified atom stereocenters. The van der Waals surface area contributed by atoms with Gasteiger partial charge in [0.1, 0.15) is 10.8 Å². The van der Waals surface area contributed by atoms with E-state index in [0.29, 0.717) is 10.8 Å². The van der Waals surface area contributed by atoms with Crippen LogP contribution in [0.25, 0.3) is 0 Å². The Morgan fingerprint density at radius 2 is 2.11 bits per heavy atom. The summed E-state index contributed by atoms with van der Waals surface area (Å²) in [7, 11) is 3.53. The second-order valence-corrected chi connectivity index (χ2v) is 5.12. The van der Waals surface area contributed by atoms with E-state index < -0.39 is 0 Å². The molecule has 0 radical (unpaired) electrons. The lowest BCUT2D eigenvalue weighted by atomic mass is 10.1. The van der Waals surface area contributed by atoms with Gasteiger partial charge >= 0.3 is 6.03 Å². The van der Waals surface area contributed by atoms with Gasteiger partial charge in [-0.1, -0.05) is 11.6 Å². The lowest BCUT2D eigenvalue weighted by Crippen LogP contribution is -2.44. The first-order valence-electron chi connectivity index (χ1n) is 5.95. The Hall–Kier alpha value is -1.43. The molecular weight excluding hydrogens is 254 g/mol. The van der Waals surface area contributed by atoms with Crippen LogP contribution in [0.3, 0.4) is 0 Å². The van der Waals surface area contributed by atoms with Crippen molar-refractivity contribution in [1.29, 1.82) is 0 Å². The van der Waals surface area contributed by atoms with Crippen LogP contribution in [-0.4, -0.2) is 52.8 Å².